The van der Waals surface area contributed by atoms with E-state index in [1.807, 2.05) is 0 Å². The third-order valence-electron chi connectivity index (χ3n) is 3.95. The van der Waals surface area contributed by atoms with Crippen LogP contribution in [0.25, 0.3) is 0 Å². The molecule has 16 heavy (non-hydrogen) atoms. The quantitative estimate of drug-likeness (QED) is 0.482. The first kappa shape index (κ1) is 13.8. The predicted octanol–water partition coefficient (Wildman–Crippen LogP) is 3.46. The van der Waals surface area contributed by atoms with E-state index < -0.39 is 0 Å². The van der Waals surface area contributed by atoms with Crippen LogP contribution in [0.15, 0.2) is 0 Å². The molecule has 1 aliphatic carbocycles. The summed E-state index contributed by atoms with van der Waals surface area (Å²) in [6.45, 7) is 3.59. The van der Waals surface area contributed by atoms with Gasteiger partial charge < -0.3 is 4.74 Å². The lowest BCUT2D eigenvalue weighted by Crippen LogP contribution is -2.44. The molecule has 0 radical (unpaired) electrons. The summed E-state index contributed by atoms with van der Waals surface area (Å²) in [4.78, 5) is 2.74. The summed E-state index contributed by atoms with van der Waals surface area (Å²) < 4.78 is 7.27. The molecule has 2 nitrogen and oxygen atoms in total. The molecular formula is C12H21I2NO. The van der Waals surface area contributed by atoms with Crippen LogP contribution in [0.2, 0.25) is 0 Å². The summed E-state index contributed by atoms with van der Waals surface area (Å²) in [6, 6.07) is 0.882. The van der Waals surface area contributed by atoms with Crippen LogP contribution in [-0.2, 0) is 4.74 Å². The zero-order chi connectivity index (χ0) is 11.4. The van der Waals surface area contributed by atoms with Gasteiger partial charge in [0.2, 0.25) is 0 Å². The third-order valence-corrected chi connectivity index (χ3v) is 5.84. The van der Waals surface area contributed by atoms with Crippen molar-refractivity contribution in [3.8, 4) is 0 Å². The number of halogens is 2. The topological polar surface area (TPSA) is 12.5 Å². The fraction of sp³-hybridized carbons (Fsp3) is 1.00. The molecule has 2 atom stereocenters. The zero-order valence-electron chi connectivity index (χ0n) is 9.71. The monoisotopic (exact) mass is 449 g/mol. The van der Waals surface area contributed by atoms with E-state index in [1.54, 1.807) is 0 Å². The van der Waals surface area contributed by atoms with Gasteiger partial charge >= 0.3 is 0 Å². The number of hydrogen-bond donors (Lipinski definition) is 0. The fourth-order valence-corrected chi connectivity index (χ4v) is 4.48. The normalized spacial score (nSPS) is 33.4. The van der Waals surface area contributed by atoms with Crippen molar-refractivity contribution in [2.75, 3.05) is 24.3 Å². The molecule has 1 saturated heterocycles. The van der Waals surface area contributed by atoms with Crippen molar-refractivity contribution in [3.05, 3.63) is 0 Å². The minimum absolute atomic E-state index is 0.820. The molecule has 2 aliphatic rings. The number of alkyl halides is 2. The van der Waals surface area contributed by atoms with Crippen molar-refractivity contribution < 1.29 is 4.74 Å². The Bertz CT molecular complexity index is 207. The van der Waals surface area contributed by atoms with Gasteiger partial charge in [-0.05, 0) is 44.7 Å². The largest absolute Gasteiger partial charge is 0.371 e. The lowest BCUT2D eigenvalue weighted by Gasteiger charge is -2.37. The van der Waals surface area contributed by atoms with Crippen LogP contribution in [0.5, 0.6) is 0 Å². The highest BCUT2D eigenvalue weighted by atomic mass is 127. The molecule has 4 heteroatoms. The molecule has 0 aromatic rings. The van der Waals surface area contributed by atoms with Crippen LogP contribution >= 0.6 is 45.2 Å². The van der Waals surface area contributed by atoms with Crippen molar-refractivity contribution in [2.24, 2.45) is 5.92 Å². The Hall–Kier alpha value is 1.38. The Balaban J connectivity index is 1.72. The van der Waals surface area contributed by atoms with E-state index in [0.717, 1.165) is 27.1 Å². The van der Waals surface area contributed by atoms with Gasteiger partial charge in [-0.25, -0.2) is 0 Å². The summed E-state index contributed by atoms with van der Waals surface area (Å²) in [5.74, 6) is 0.820. The molecule has 0 aromatic carbocycles. The van der Waals surface area contributed by atoms with Gasteiger partial charge in [0.15, 0.2) is 0 Å². The van der Waals surface area contributed by atoms with Gasteiger partial charge in [0, 0.05) is 9.97 Å². The molecule has 1 saturated carbocycles. The maximum absolute atomic E-state index is 5.52. The van der Waals surface area contributed by atoms with Gasteiger partial charge in [0.25, 0.3) is 0 Å². The number of ether oxygens (including phenoxy) is 1. The molecular weight excluding hydrogens is 428 g/mol. The Labute approximate surface area is 126 Å². The lowest BCUT2D eigenvalue weighted by molar-refractivity contribution is 0.0800. The van der Waals surface area contributed by atoms with Gasteiger partial charge in [0.05, 0.1) is 11.2 Å². The Morgan fingerprint density at radius 1 is 1.12 bits per heavy atom. The maximum atomic E-state index is 5.52. The molecule has 2 fully saturated rings. The van der Waals surface area contributed by atoms with Gasteiger partial charge in [-0.3, -0.25) is 4.90 Å². The second-order valence-electron chi connectivity index (χ2n) is 4.97. The van der Waals surface area contributed by atoms with E-state index >= 15 is 0 Å². The zero-order valence-corrected chi connectivity index (χ0v) is 14.0. The third kappa shape index (κ3) is 3.68. The van der Waals surface area contributed by atoms with E-state index in [2.05, 4.69) is 50.1 Å². The van der Waals surface area contributed by atoms with Crippen LogP contribution in [0.3, 0.4) is 0 Å². The van der Waals surface area contributed by atoms with E-state index in [0.29, 0.717) is 0 Å². The Morgan fingerprint density at radius 2 is 1.88 bits per heavy atom. The highest BCUT2D eigenvalue weighted by Crippen LogP contribution is 2.32. The average molecular weight is 449 g/mol. The Morgan fingerprint density at radius 3 is 2.44 bits per heavy atom. The first-order chi connectivity index (χ1) is 7.81. The van der Waals surface area contributed by atoms with Gasteiger partial charge in [-0.1, -0.05) is 51.6 Å². The summed E-state index contributed by atoms with van der Waals surface area (Å²) in [7, 11) is 0. The van der Waals surface area contributed by atoms with Crippen LogP contribution in [0, 0.1) is 5.92 Å². The van der Waals surface area contributed by atoms with E-state index in [9.17, 15) is 0 Å². The molecule has 0 spiro atoms. The summed E-state index contributed by atoms with van der Waals surface area (Å²) >= 11 is 4.94. The molecule has 94 valence electrons. The minimum Gasteiger partial charge on any atom is -0.371 e. The first-order valence-corrected chi connectivity index (χ1v) is 9.10. The minimum atomic E-state index is 0.820. The molecule has 1 heterocycles. The van der Waals surface area contributed by atoms with E-state index in [4.69, 9.17) is 4.74 Å². The van der Waals surface area contributed by atoms with Crippen molar-refractivity contribution >= 4 is 45.2 Å². The highest BCUT2D eigenvalue weighted by Gasteiger charge is 2.32. The van der Waals surface area contributed by atoms with E-state index in [-0.39, 0.29) is 0 Å². The molecule has 0 bridgehead atoms. The molecule has 0 amide bonds. The summed E-state index contributed by atoms with van der Waals surface area (Å²) in [5, 5.41) is 0. The van der Waals surface area contributed by atoms with E-state index in [1.165, 1.54) is 45.2 Å². The maximum Gasteiger partial charge on any atom is 0.0979 e. The summed E-state index contributed by atoms with van der Waals surface area (Å²) in [5.41, 5.74) is 0. The average Bonchev–Trinajstić information content (AvgIpc) is 2.74. The van der Waals surface area contributed by atoms with Gasteiger partial charge in [-0.15, -0.1) is 0 Å². The van der Waals surface area contributed by atoms with Crippen LogP contribution in [0.4, 0.5) is 0 Å². The van der Waals surface area contributed by atoms with Crippen LogP contribution in [0.1, 0.15) is 32.1 Å². The van der Waals surface area contributed by atoms with Crippen molar-refractivity contribution in [1.29, 1.82) is 0 Å². The number of likely N-dealkylation sites (tertiary alicyclic amines) is 1. The molecule has 2 unspecified atom stereocenters. The number of piperidine rings is 1. The predicted molar refractivity (Wildman–Crippen MR) is 84.6 cm³/mol. The highest BCUT2D eigenvalue weighted by molar-refractivity contribution is 14.1. The van der Waals surface area contributed by atoms with Crippen LogP contribution < -0.4 is 0 Å². The second kappa shape index (κ2) is 7.09. The number of hydrogen-bond acceptors (Lipinski definition) is 2. The standard InChI is InChI=1S/C12H21I2NO/c13-9-16-8-10-4-6-15(7-5-10)12-3-1-2-11(12)14/h10-12H,1-9H2. The number of rotatable bonds is 4. The smallest absolute Gasteiger partial charge is 0.0979 e. The summed E-state index contributed by atoms with van der Waals surface area (Å²) in [6.07, 6.45) is 6.99. The van der Waals surface area contributed by atoms with Crippen molar-refractivity contribution in [3.63, 3.8) is 0 Å². The molecule has 0 aromatic heterocycles. The van der Waals surface area contributed by atoms with Crippen molar-refractivity contribution in [2.45, 2.75) is 42.1 Å². The first-order valence-electron chi connectivity index (χ1n) is 6.33. The Kier molecular flexibility index (Phi) is 6.12. The lowest BCUT2D eigenvalue weighted by atomic mass is 9.96. The second-order valence-corrected chi connectivity index (χ2v) is 7.20. The molecule has 0 N–H and O–H groups in total. The van der Waals surface area contributed by atoms with Gasteiger partial charge in [0.1, 0.15) is 0 Å². The number of nitrogens with zero attached hydrogens (tertiary/aromatic N) is 1. The molecule has 2 rings (SSSR count). The fourth-order valence-electron chi connectivity index (χ4n) is 2.97. The van der Waals surface area contributed by atoms with Crippen LogP contribution in [-0.4, -0.2) is 39.2 Å². The van der Waals surface area contributed by atoms with Crippen molar-refractivity contribution in [1.82, 2.24) is 4.90 Å². The molecule has 1 aliphatic heterocycles. The SMILES string of the molecule is ICOCC1CCN(C2CCCC2I)CC1. The van der Waals surface area contributed by atoms with Gasteiger partial charge in [-0.2, -0.15) is 0 Å².